The van der Waals surface area contributed by atoms with Crippen molar-refractivity contribution in [2.75, 3.05) is 0 Å². The molecule has 0 N–H and O–H groups in total. The molecule has 4 rings (SSSR count). The normalized spacial score (nSPS) is 10.8. The highest BCUT2D eigenvalue weighted by Crippen LogP contribution is 2.37. The summed E-state index contributed by atoms with van der Waals surface area (Å²) in [6.45, 7) is 2.14. The van der Waals surface area contributed by atoms with Crippen LogP contribution in [0.1, 0.15) is 5.56 Å². The average Bonchev–Trinajstić information content (AvgIpc) is 2.78. The highest BCUT2D eigenvalue weighted by atomic mass is 33.1. The Balaban J connectivity index is 1.50. The van der Waals surface area contributed by atoms with Gasteiger partial charge in [0.25, 0.3) is 0 Å². The highest BCUT2D eigenvalue weighted by molar-refractivity contribution is 8.72. The summed E-state index contributed by atoms with van der Waals surface area (Å²) in [6, 6.07) is 37.9. The molecule has 0 aliphatic carbocycles. The lowest BCUT2D eigenvalue weighted by Gasteiger charge is -2.09. The summed E-state index contributed by atoms with van der Waals surface area (Å²) < 4.78 is 6.18. The Labute approximate surface area is 183 Å². The first kappa shape index (κ1) is 20.0. The van der Waals surface area contributed by atoms with Gasteiger partial charge in [0.2, 0.25) is 0 Å². The Hall–Kier alpha value is -2.27. The monoisotopic (exact) mass is 433 g/mol. The molecule has 0 atom stereocenters. The van der Waals surface area contributed by atoms with Gasteiger partial charge in [-0.15, -0.1) is 0 Å². The van der Waals surface area contributed by atoms with Gasteiger partial charge in [0, 0.05) is 9.79 Å². The molecule has 0 bridgehead atoms. The van der Waals surface area contributed by atoms with E-state index >= 15 is 0 Å². The lowest BCUT2D eigenvalue weighted by atomic mass is 10.2. The molecule has 0 saturated carbocycles. The number of aryl methyl sites for hydroxylation is 1. The van der Waals surface area contributed by atoms with Crippen molar-refractivity contribution in [3.05, 3.63) is 115 Å². The third kappa shape index (κ3) is 5.41. The molecule has 4 aromatic rings. The van der Waals surface area contributed by atoms with Crippen molar-refractivity contribution in [2.45, 2.75) is 26.5 Å². The van der Waals surface area contributed by atoms with Gasteiger partial charge in [0.05, 0.1) is 0 Å². The summed E-state index contributed by atoms with van der Waals surface area (Å²) >= 11 is 3.30. The second-order valence-corrected chi connectivity index (χ2v) is 10.7. The van der Waals surface area contributed by atoms with E-state index in [9.17, 15) is 0 Å². The largest absolute Gasteiger partial charge is 0.382 e. The van der Waals surface area contributed by atoms with Gasteiger partial charge in [-0.1, -0.05) is 66.4 Å². The molecule has 4 aromatic carbocycles. The molecule has 0 radical (unpaired) electrons. The van der Waals surface area contributed by atoms with Gasteiger partial charge in [-0.25, -0.2) is 0 Å². The maximum atomic E-state index is 6.18. The zero-order valence-electron chi connectivity index (χ0n) is 16.0. The number of hydrogen-bond donors (Lipinski definition) is 0. The van der Waals surface area contributed by atoms with Crippen LogP contribution < -0.4 is 4.18 Å². The minimum absolute atomic E-state index is 0.206. The molecular formula is C25H21OS3+. The Morgan fingerprint density at radius 3 is 1.76 bits per heavy atom. The fourth-order valence-corrected chi connectivity index (χ4v) is 6.75. The minimum atomic E-state index is -0.206. The summed E-state index contributed by atoms with van der Waals surface area (Å²) in [5, 5.41) is 0. The van der Waals surface area contributed by atoms with Crippen LogP contribution in [-0.4, -0.2) is 0 Å². The fraction of sp³-hybridized carbons (Fsp3) is 0.0400. The predicted octanol–water partition coefficient (Wildman–Crippen LogP) is 7.82. The third-order valence-electron chi connectivity index (χ3n) is 4.23. The Morgan fingerprint density at radius 2 is 1.21 bits per heavy atom. The van der Waals surface area contributed by atoms with Gasteiger partial charge in [0.1, 0.15) is 5.75 Å². The van der Waals surface area contributed by atoms with E-state index in [-0.39, 0.29) is 9.93 Å². The molecule has 29 heavy (non-hydrogen) atoms. The van der Waals surface area contributed by atoms with Crippen LogP contribution in [0.5, 0.6) is 5.75 Å². The number of rotatable bonds is 7. The Morgan fingerprint density at radius 1 is 0.655 bits per heavy atom. The van der Waals surface area contributed by atoms with Crippen molar-refractivity contribution in [1.29, 1.82) is 0 Å². The zero-order valence-corrected chi connectivity index (χ0v) is 18.5. The molecule has 0 spiro atoms. The van der Waals surface area contributed by atoms with Crippen LogP contribution in [0.25, 0.3) is 0 Å². The lowest BCUT2D eigenvalue weighted by molar-refractivity contribution is 0.653. The van der Waals surface area contributed by atoms with E-state index < -0.39 is 0 Å². The first-order valence-electron chi connectivity index (χ1n) is 9.32. The standard InChI is InChI=1S/C25H21OS3/c1-20-19-21(17-18-25(20)27-22-11-5-2-6-12-22)26-28-29(23-13-7-3-8-14-23)24-15-9-4-10-16-24/h2-19H,1H3/q+1. The van der Waals surface area contributed by atoms with Crippen molar-refractivity contribution >= 4 is 32.8 Å². The van der Waals surface area contributed by atoms with E-state index in [0.29, 0.717) is 0 Å². The summed E-state index contributed by atoms with van der Waals surface area (Å²) in [4.78, 5) is 5.01. The summed E-state index contributed by atoms with van der Waals surface area (Å²) in [6.07, 6.45) is 0. The van der Waals surface area contributed by atoms with Crippen LogP contribution in [0, 0.1) is 6.92 Å². The third-order valence-corrected chi connectivity index (χ3v) is 8.98. The van der Waals surface area contributed by atoms with Gasteiger partial charge >= 0.3 is 11.1 Å². The van der Waals surface area contributed by atoms with E-state index in [1.807, 2.05) is 18.2 Å². The number of benzene rings is 4. The summed E-state index contributed by atoms with van der Waals surface area (Å²) in [5.74, 6) is 0.884. The van der Waals surface area contributed by atoms with Gasteiger partial charge in [0.15, 0.2) is 19.7 Å². The van der Waals surface area contributed by atoms with Crippen LogP contribution in [0.2, 0.25) is 0 Å². The molecule has 144 valence electrons. The molecule has 1 nitrogen and oxygen atoms in total. The quantitative estimate of drug-likeness (QED) is 0.167. The smallest absolute Gasteiger partial charge is 0.336 e. The van der Waals surface area contributed by atoms with E-state index in [1.165, 1.54) is 36.2 Å². The summed E-state index contributed by atoms with van der Waals surface area (Å²) in [7, 11) is -0.206. The minimum Gasteiger partial charge on any atom is -0.382 e. The fourth-order valence-electron chi connectivity index (χ4n) is 2.78. The van der Waals surface area contributed by atoms with Gasteiger partial charge in [-0.05, 0) is 67.1 Å². The van der Waals surface area contributed by atoms with E-state index in [4.69, 9.17) is 4.18 Å². The van der Waals surface area contributed by atoms with Crippen molar-refractivity contribution in [1.82, 2.24) is 0 Å². The molecule has 0 aliphatic rings. The van der Waals surface area contributed by atoms with Gasteiger partial charge < -0.3 is 4.18 Å². The molecule has 0 saturated heterocycles. The molecule has 0 aromatic heterocycles. The molecule has 0 aliphatic heterocycles. The average molecular weight is 434 g/mol. The van der Waals surface area contributed by atoms with Crippen molar-refractivity contribution in [3.8, 4) is 5.75 Å². The molecular weight excluding hydrogens is 412 g/mol. The lowest BCUT2D eigenvalue weighted by Crippen LogP contribution is -2.01. The first-order valence-corrected chi connectivity index (χ1v) is 12.6. The highest BCUT2D eigenvalue weighted by Gasteiger charge is 2.30. The number of hydrogen-bond acceptors (Lipinski definition) is 3. The van der Waals surface area contributed by atoms with E-state index in [2.05, 4.69) is 97.9 Å². The van der Waals surface area contributed by atoms with Crippen molar-refractivity contribution in [3.63, 3.8) is 0 Å². The second kappa shape index (κ2) is 9.97. The van der Waals surface area contributed by atoms with E-state index in [1.54, 1.807) is 11.8 Å². The van der Waals surface area contributed by atoms with Crippen LogP contribution in [0.3, 0.4) is 0 Å². The zero-order chi connectivity index (χ0) is 19.9. The Kier molecular flexibility index (Phi) is 6.88. The van der Waals surface area contributed by atoms with Gasteiger partial charge in [-0.3, -0.25) is 0 Å². The van der Waals surface area contributed by atoms with E-state index in [0.717, 1.165) is 5.75 Å². The molecule has 0 heterocycles. The second-order valence-electron chi connectivity index (χ2n) is 6.39. The molecule has 0 fully saturated rings. The van der Waals surface area contributed by atoms with Crippen molar-refractivity contribution in [2.24, 2.45) is 0 Å². The topological polar surface area (TPSA) is 9.23 Å². The van der Waals surface area contributed by atoms with Crippen LogP contribution >= 0.6 is 22.8 Å². The SMILES string of the molecule is Cc1cc(OS[S+](c2ccccc2)c2ccccc2)ccc1Sc1ccccc1. The molecule has 0 unspecified atom stereocenters. The predicted molar refractivity (Wildman–Crippen MR) is 127 cm³/mol. The maximum absolute atomic E-state index is 6.18. The Bertz CT molecular complexity index is 998. The summed E-state index contributed by atoms with van der Waals surface area (Å²) in [5.41, 5.74) is 1.22. The maximum Gasteiger partial charge on any atom is 0.336 e. The molecule has 4 heteroatoms. The first-order chi connectivity index (χ1) is 14.3. The molecule has 0 amide bonds. The van der Waals surface area contributed by atoms with Gasteiger partial charge in [-0.2, -0.15) is 0 Å². The van der Waals surface area contributed by atoms with Crippen molar-refractivity contribution < 1.29 is 4.18 Å². The van der Waals surface area contributed by atoms with Crippen LogP contribution in [0.4, 0.5) is 0 Å². The van der Waals surface area contributed by atoms with Crippen LogP contribution in [0.15, 0.2) is 129 Å². The van der Waals surface area contributed by atoms with Crippen LogP contribution in [-0.2, 0) is 9.93 Å².